The molecule has 17 heavy (non-hydrogen) atoms. The summed E-state index contributed by atoms with van der Waals surface area (Å²) in [6, 6.07) is 10.3. The third-order valence-electron chi connectivity index (χ3n) is 2.45. The summed E-state index contributed by atoms with van der Waals surface area (Å²) in [4.78, 5) is 0. The van der Waals surface area contributed by atoms with Crippen molar-refractivity contribution in [3.05, 3.63) is 49.9 Å². The molecule has 0 unspecified atom stereocenters. The second-order valence-corrected chi connectivity index (χ2v) is 5.72. The second-order valence-electron chi connectivity index (χ2n) is 3.70. The largest absolute Gasteiger partial charge is 0.464 e. The number of furan rings is 1. The van der Waals surface area contributed by atoms with Crippen molar-refractivity contribution in [3.8, 4) is 0 Å². The van der Waals surface area contributed by atoms with Gasteiger partial charge in [0.1, 0.15) is 11.5 Å². The standard InChI is InChI=1S/C13H13BrINO/c1-2-10-4-5-11(17-10)8-16-9-3-6-12(14)13(15)7-9/h3-7,16H,2,8H2,1H3. The van der Waals surface area contributed by atoms with Gasteiger partial charge < -0.3 is 9.73 Å². The highest BCUT2D eigenvalue weighted by molar-refractivity contribution is 14.1. The number of anilines is 1. The minimum absolute atomic E-state index is 0.720. The Morgan fingerprint density at radius 1 is 1.24 bits per heavy atom. The van der Waals surface area contributed by atoms with Crippen LogP contribution in [0, 0.1) is 3.57 Å². The van der Waals surface area contributed by atoms with Crippen LogP contribution in [0.15, 0.2) is 39.2 Å². The lowest BCUT2D eigenvalue weighted by Gasteiger charge is -2.05. The van der Waals surface area contributed by atoms with Gasteiger partial charge in [0.15, 0.2) is 0 Å². The minimum atomic E-state index is 0.720. The fourth-order valence-electron chi connectivity index (χ4n) is 1.50. The predicted octanol–water partition coefficient (Wildman–Crippen LogP) is 4.82. The summed E-state index contributed by atoms with van der Waals surface area (Å²) in [6.07, 6.45) is 0.941. The van der Waals surface area contributed by atoms with Crippen LogP contribution in [-0.4, -0.2) is 0 Å². The molecule has 0 aliphatic carbocycles. The zero-order valence-corrected chi connectivity index (χ0v) is 13.2. The van der Waals surface area contributed by atoms with Crippen LogP contribution in [0.5, 0.6) is 0 Å². The summed E-state index contributed by atoms with van der Waals surface area (Å²) in [5, 5.41) is 3.35. The van der Waals surface area contributed by atoms with Crippen LogP contribution in [0.25, 0.3) is 0 Å². The van der Waals surface area contributed by atoms with Crippen molar-refractivity contribution in [2.75, 3.05) is 5.32 Å². The van der Waals surface area contributed by atoms with E-state index in [2.05, 4.69) is 62.9 Å². The maximum Gasteiger partial charge on any atom is 0.123 e. The van der Waals surface area contributed by atoms with Gasteiger partial charge in [-0.2, -0.15) is 0 Å². The molecule has 0 atom stereocenters. The molecule has 4 heteroatoms. The topological polar surface area (TPSA) is 25.2 Å². The van der Waals surface area contributed by atoms with Crippen LogP contribution in [0.3, 0.4) is 0 Å². The molecule has 0 fully saturated rings. The van der Waals surface area contributed by atoms with Gasteiger partial charge in [-0.25, -0.2) is 0 Å². The van der Waals surface area contributed by atoms with Gasteiger partial charge in [0.25, 0.3) is 0 Å². The average Bonchev–Trinajstić information content (AvgIpc) is 2.79. The molecule has 2 rings (SSSR count). The third-order valence-corrected chi connectivity index (χ3v) is 4.78. The van der Waals surface area contributed by atoms with Gasteiger partial charge in [-0.15, -0.1) is 0 Å². The zero-order chi connectivity index (χ0) is 12.3. The minimum Gasteiger partial charge on any atom is -0.464 e. The van der Waals surface area contributed by atoms with Crippen LogP contribution in [0.2, 0.25) is 0 Å². The second kappa shape index (κ2) is 5.91. The molecule has 0 radical (unpaired) electrons. The van der Waals surface area contributed by atoms with Gasteiger partial charge >= 0.3 is 0 Å². The Morgan fingerprint density at radius 3 is 2.65 bits per heavy atom. The number of hydrogen-bond donors (Lipinski definition) is 1. The van der Waals surface area contributed by atoms with Crippen molar-refractivity contribution in [2.24, 2.45) is 0 Å². The quantitative estimate of drug-likeness (QED) is 0.737. The van der Waals surface area contributed by atoms with E-state index in [1.165, 1.54) is 3.57 Å². The molecule has 90 valence electrons. The number of halogens is 2. The van der Waals surface area contributed by atoms with Crippen molar-refractivity contribution in [3.63, 3.8) is 0 Å². The molecule has 0 spiro atoms. The van der Waals surface area contributed by atoms with Crippen molar-refractivity contribution in [1.82, 2.24) is 0 Å². The Balaban J connectivity index is 1.99. The summed E-state index contributed by atoms with van der Waals surface area (Å²) in [5.41, 5.74) is 1.10. The molecule has 0 bridgehead atoms. The Morgan fingerprint density at radius 2 is 2.00 bits per heavy atom. The van der Waals surface area contributed by atoms with Gasteiger partial charge in [-0.3, -0.25) is 0 Å². The van der Waals surface area contributed by atoms with E-state index in [-0.39, 0.29) is 0 Å². The average molecular weight is 406 g/mol. The first-order chi connectivity index (χ1) is 8.19. The maximum atomic E-state index is 5.63. The summed E-state index contributed by atoms with van der Waals surface area (Å²) >= 11 is 5.79. The van der Waals surface area contributed by atoms with E-state index in [1.807, 2.05) is 18.2 Å². The molecule has 0 amide bonds. The van der Waals surface area contributed by atoms with Gasteiger partial charge in [-0.05, 0) is 68.9 Å². The summed E-state index contributed by atoms with van der Waals surface area (Å²) in [6.45, 7) is 2.81. The molecular formula is C13H13BrINO. The third kappa shape index (κ3) is 3.48. The fraction of sp³-hybridized carbons (Fsp3) is 0.231. The molecule has 1 aromatic heterocycles. The van der Waals surface area contributed by atoms with Crippen LogP contribution < -0.4 is 5.32 Å². The lowest BCUT2D eigenvalue weighted by atomic mass is 10.3. The number of nitrogens with one attached hydrogen (secondary N) is 1. The Bertz CT molecular complexity index is 510. The molecule has 0 saturated heterocycles. The first-order valence-corrected chi connectivity index (χ1v) is 7.32. The molecule has 2 aromatic rings. The van der Waals surface area contributed by atoms with Crippen LogP contribution >= 0.6 is 38.5 Å². The van der Waals surface area contributed by atoms with Crippen molar-refractivity contribution < 1.29 is 4.42 Å². The van der Waals surface area contributed by atoms with E-state index < -0.39 is 0 Å². The SMILES string of the molecule is CCc1ccc(CNc2ccc(Br)c(I)c2)o1. The van der Waals surface area contributed by atoms with E-state index in [1.54, 1.807) is 0 Å². The molecule has 2 nitrogen and oxygen atoms in total. The molecule has 0 saturated carbocycles. The van der Waals surface area contributed by atoms with Crippen LogP contribution in [0.4, 0.5) is 5.69 Å². The number of rotatable bonds is 4. The normalized spacial score (nSPS) is 10.5. The lowest BCUT2D eigenvalue weighted by molar-refractivity contribution is 0.476. The Kier molecular flexibility index (Phi) is 4.50. The highest BCUT2D eigenvalue weighted by atomic mass is 127. The van der Waals surface area contributed by atoms with Crippen molar-refractivity contribution in [2.45, 2.75) is 19.9 Å². The van der Waals surface area contributed by atoms with Crippen molar-refractivity contribution >= 4 is 44.2 Å². The number of aryl methyl sites for hydroxylation is 1. The van der Waals surface area contributed by atoms with E-state index in [0.29, 0.717) is 0 Å². The van der Waals surface area contributed by atoms with Gasteiger partial charge in [0, 0.05) is 20.2 Å². The van der Waals surface area contributed by atoms with E-state index >= 15 is 0 Å². The highest BCUT2D eigenvalue weighted by Crippen LogP contribution is 2.23. The Labute approximate surface area is 123 Å². The van der Waals surface area contributed by atoms with E-state index in [0.717, 1.165) is 34.6 Å². The molecule has 1 N–H and O–H groups in total. The van der Waals surface area contributed by atoms with Crippen LogP contribution in [0.1, 0.15) is 18.4 Å². The predicted molar refractivity (Wildman–Crippen MR) is 82.3 cm³/mol. The van der Waals surface area contributed by atoms with Crippen molar-refractivity contribution in [1.29, 1.82) is 0 Å². The maximum absolute atomic E-state index is 5.63. The highest BCUT2D eigenvalue weighted by Gasteiger charge is 2.02. The molecule has 0 aliphatic rings. The molecule has 1 heterocycles. The lowest BCUT2D eigenvalue weighted by Crippen LogP contribution is -1.98. The first kappa shape index (κ1) is 13.0. The molecular weight excluding hydrogens is 393 g/mol. The summed E-state index contributed by atoms with van der Waals surface area (Å²) in [5.74, 6) is 2.01. The smallest absolute Gasteiger partial charge is 0.123 e. The number of hydrogen-bond acceptors (Lipinski definition) is 2. The Hall–Kier alpha value is -0.490. The molecule has 1 aromatic carbocycles. The first-order valence-electron chi connectivity index (χ1n) is 5.45. The monoisotopic (exact) mass is 405 g/mol. The summed E-state index contributed by atoms with van der Waals surface area (Å²) < 4.78 is 7.95. The zero-order valence-electron chi connectivity index (χ0n) is 9.47. The number of benzene rings is 1. The van der Waals surface area contributed by atoms with Gasteiger partial charge in [0.05, 0.1) is 6.54 Å². The van der Waals surface area contributed by atoms with E-state index in [4.69, 9.17) is 4.42 Å². The molecule has 0 aliphatic heterocycles. The van der Waals surface area contributed by atoms with E-state index in [9.17, 15) is 0 Å². The van der Waals surface area contributed by atoms with Gasteiger partial charge in [-0.1, -0.05) is 6.92 Å². The fourth-order valence-corrected chi connectivity index (χ4v) is 2.26. The van der Waals surface area contributed by atoms with Crippen LogP contribution in [-0.2, 0) is 13.0 Å². The van der Waals surface area contributed by atoms with Gasteiger partial charge in [0.2, 0.25) is 0 Å². The summed E-state index contributed by atoms with van der Waals surface area (Å²) in [7, 11) is 0.